The van der Waals surface area contributed by atoms with Crippen molar-refractivity contribution in [2.24, 2.45) is 0 Å². The van der Waals surface area contributed by atoms with Gasteiger partial charge in [0, 0.05) is 6.04 Å². The van der Waals surface area contributed by atoms with Gasteiger partial charge in [-0.25, -0.2) is 0 Å². The number of hydrogen-bond acceptors (Lipinski definition) is 4. The second-order valence-electron chi connectivity index (χ2n) is 4.20. The van der Waals surface area contributed by atoms with Gasteiger partial charge < -0.3 is 9.84 Å². The third-order valence-electron chi connectivity index (χ3n) is 3.10. The fraction of sp³-hybridized carbons (Fsp3) is 0.462. The number of aliphatic hydroxyl groups excluding tert-OH is 1. The number of esters is 1. The van der Waals surface area contributed by atoms with E-state index in [1.54, 1.807) is 25.2 Å². The maximum Gasteiger partial charge on any atom is 0.323 e. The lowest BCUT2D eigenvalue weighted by Gasteiger charge is -2.24. The van der Waals surface area contributed by atoms with Crippen LogP contribution in [0.25, 0.3) is 0 Å². The summed E-state index contributed by atoms with van der Waals surface area (Å²) in [5.74, 6) is -0.0189. The predicted octanol–water partition coefficient (Wildman–Crippen LogP) is 2.36. The highest BCUT2D eigenvalue weighted by molar-refractivity contribution is 7.13. The summed E-state index contributed by atoms with van der Waals surface area (Å²) in [5.41, 5.74) is 0.866. The molecule has 1 unspecified atom stereocenters. The van der Waals surface area contributed by atoms with E-state index in [1.807, 2.05) is 4.67 Å². The molecule has 0 spiro atoms. The SMILES string of the molecule is C=C(/C=C\C(O)=C/C)[C@H]1CC[C@@H](C(=O)OC)N1P. The van der Waals surface area contributed by atoms with Crippen molar-refractivity contribution in [2.45, 2.75) is 31.8 Å². The van der Waals surface area contributed by atoms with Crippen molar-refractivity contribution in [3.63, 3.8) is 0 Å². The van der Waals surface area contributed by atoms with Crippen molar-refractivity contribution >= 4 is 15.4 Å². The summed E-state index contributed by atoms with van der Waals surface area (Å²) in [6, 6.07) is -0.148. The molecule has 0 aliphatic carbocycles. The van der Waals surface area contributed by atoms with Gasteiger partial charge in [0.05, 0.1) is 7.11 Å². The predicted molar refractivity (Wildman–Crippen MR) is 75.0 cm³/mol. The molecule has 0 aromatic rings. The summed E-state index contributed by atoms with van der Waals surface area (Å²) in [6.45, 7) is 5.74. The number of allylic oxidation sites excluding steroid dienone is 2. The van der Waals surface area contributed by atoms with Crippen LogP contribution < -0.4 is 0 Å². The van der Waals surface area contributed by atoms with Crippen LogP contribution in [0.5, 0.6) is 0 Å². The van der Waals surface area contributed by atoms with E-state index < -0.39 is 0 Å². The number of aliphatic hydroxyl groups is 1. The number of carbonyl (C=O) groups excluding carboxylic acids is 1. The molecule has 0 aromatic heterocycles. The Balaban J connectivity index is 2.67. The number of carbonyl (C=O) groups is 1. The molecule has 0 amide bonds. The van der Waals surface area contributed by atoms with Crippen molar-refractivity contribution in [1.29, 1.82) is 0 Å². The summed E-state index contributed by atoms with van der Waals surface area (Å²) in [4.78, 5) is 11.5. The van der Waals surface area contributed by atoms with Gasteiger partial charge in [0.1, 0.15) is 11.8 Å². The number of rotatable bonds is 4. The van der Waals surface area contributed by atoms with Crippen LogP contribution in [-0.4, -0.2) is 34.9 Å². The summed E-state index contributed by atoms with van der Waals surface area (Å²) < 4.78 is 6.65. The molecule has 3 atom stereocenters. The average molecular weight is 269 g/mol. The Hall–Kier alpha value is -1.12. The lowest BCUT2D eigenvalue weighted by molar-refractivity contribution is -0.144. The van der Waals surface area contributed by atoms with Gasteiger partial charge in [-0.15, -0.1) is 0 Å². The standard InChI is InChI=1S/C13H20NO3P/c1-4-10(15)6-5-9(2)11-7-8-12(14(11)18)13(16)17-3/h4-6,11-12,15H,2,7-8,18H2,1,3H3/b6-5-,10-4+/t11-,12+/m1/s1. The van der Waals surface area contributed by atoms with Gasteiger partial charge in [0.2, 0.25) is 0 Å². The topological polar surface area (TPSA) is 49.8 Å². The zero-order valence-corrected chi connectivity index (χ0v) is 12.0. The minimum Gasteiger partial charge on any atom is -0.508 e. The molecule has 0 aromatic carbocycles. The average Bonchev–Trinajstić information content (AvgIpc) is 2.76. The maximum atomic E-state index is 11.5. The van der Waals surface area contributed by atoms with Crippen molar-refractivity contribution in [3.8, 4) is 0 Å². The quantitative estimate of drug-likeness (QED) is 0.368. The molecule has 18 heavy (non-hydrogen) atoms. The Morgan fingerprint density at radius 3 is 2.61 bits per heavy atom. The third kappa shape index (κ3) is 3.44. The van der Waals surface area contributed by atoms with E-state index >= 15 is 0 Å². The number of nitrogens with zero attached hydrogens (tertiary/aromatic N) is 1. The molecular weight excluding hydrogens is 249 g/mol. The van der Waals surface area contributed by atoms with E-state index in [1.165, 1.54) is 7.11 Å². The van der Waals surface area contributed by atoms with Gasteiger partial charge in [-0.3, -0.25) is 9.46 Å². The van der Waals surface area contributed by atoms with Crippen LogP contribution in [0.15, 0.2) is 36.1 Å². The highest BCUT2D eigenvalue weighted by Crippen LogP contribution is 2.32. The molecule has 1 heterocycles. The molecule has 100 valence electrons. The molecule has 0 saturated carbocycles. The highest BCUT2D eigenvalue weighted by Gasteiger charge is 2.36. The fourth-order valence-electron chi connectivity index (χ4n) is 1.98. The van der Waals surface area contributed by atoms with Gasteiger partial charge in [-0.2, -0.15) is 0 Å². The Kier molecular flexibility index (Phi) is 5.57. The summed E-state index contributed by atoms with van der Waals surface area (Å²) in [7, 11) is 3.96. The van der Waals surface area contributed by atoms with Gasteiger partial charge in [0.25, 0.3) is 0 Å². The molecule has 1 fully saturated rings. The van der Waals surface area contributed by atoms with Gasteiger partial charge in [0.15, 0.2) is 0 Å². The Morgan fingerprint density at radius 2 is 2.06 bits per heavy atom. The molecule has 1 saturated heterocycles. The Bertz CT molecular complexity index is 390. The second-order valence-corrected chi connectivity index (χ2v) is 4.80. The van der Waals surface area contributed by atoms with E-state index in [9.17, 15) is 9.90 Å². The fourth-order valence-corrected chi connectivity index (χ4v) is 2.59. The zero-order valence-electron chi connectivity index (χ0n) is 10.8. The minimum atomic E-state index is -0.231. The van der Waals surface area contributed by atoms with Crippen LogP contribution in [0.4, 0.5) is 0 Å². The van der Waals surface area contributed by atoms with E-state index in [0.29, 0.717) is 0 Å². The first-order chi connectivity index (χ1) is 8.51. The molecule has 1 aliphatic rings. The Morgan fingerprint density at radius 1 is 1.44 bits per heavy atom. The van der Waals surface area contributed by atoms with Crippen LogP contribution in [0, 0.1) is 0 Å². The minimum absolute atomic E-state index is 0.0833. The van der Waals surface area contributed by atoms with Crippen LogP contribution in [0.3, 0.4) is 0 Å². The molecule has 1 rings (SSSR count). The molecule has 0 radical (unpaired) electrons. The normalized spacial score (nSPS) is 25.6. The molecule has 0 bridgehead atoms. The van der Waals surface area contributed by atoms with Crippen molar-refractivity contribution < 1.29 is 14.6 Å². The first kappa shape index (κ1) is 14.9. The molecule has 1 N–H and O–H groups in total. The van der Waals surface area contributed by atoms with E-state index in [-0.39, 0.29) is 23.8 Å². The second kappa shape index (κ2) is 6.72. The van der Waals surface area contributed by atoms with E-state index in [2.05, 4.69) is 16.0 Å². The highest BCUT2D eigenvalue weighted by atomic mass is 31.0. The van der Waals surface area contributed by atoms with Gasteiger partial charge >= 0.3 is 5.97 Å². The molecule has 1 aliphatic heterocycles. The lowest BCUT2D eigenvalue weighted by Crippen LogP contribution is -2.34. The molecular formula is C13H20NO3P. The summed E-state index contributed by atoms with van der Waals surface area (Å²) in [6.07, 6.45) is 6.59. The monoisotopic (exact) mass is 269 g/mol. The summed E-state index contributed by atoms with van der Waals surface area (Å²) >= 11 is 0. The smallest absolute Gasteiger partial charge is 0.323 e. The Labute approximate surface area is 110 Å². The number of methoxy groups -OCH3 is 1. The van der Waals surface area contributed by atoms with E-state index in [4.69, 9.17) is 4.74 Å². The van der Waals surface area contributed by atoms with Crippen LogP contribution in [0.2, 0.25) is 0 Å². The van der Waals surface area contributed by atoms with Gasteiger partial charge in [-0.05, 0) is 37.5 Å². The zero-order chi connectivity index (χ0) is 13.7. The maximum absolute atomic E-state index is 11.5. The number of ether oxygens (including phenoxy) is 1. The third-order valence-corrected chi connectivity index (χ3v) is 3.82. The van der Waals surface area contributed by atoms with E-state index in [0.717, 1.165) is 18.4 Å². The molecule has 4 nitrogen and oxygen atoms in total. The first-order valence-electron chi connectivity index (χ1n) is 5.84. The van der Waals surface area contributed by atoms with Crippen LogP contribution in [0.1, 0.15) is 19.8 Å². The van der Waals surface area contributed by atoms with Gasteiger partial charge in [-0.1, -0.05) is 22.0 Å². The molecule has 5 heteroatoms. The van der Waals surface area contributed by atoms with Crippen LogP contribution in [-0.2, 0) is 9.53 Å². The van der Waals surface area contributed by atoms with Crippen molar-refractivity contribution in [3.05, 3.63) is 36.1 Å². The number of hydrogen-bond donors (Lipinski definition) is 1. The summed E-state index contributed by atoms with van der Waals surface area (Å²) in [5, 5.41) is 9.33. The largest absolute Gasteiger partial charge is 0.508 e. The lowest BCUT2D eigenvalue weighted by atomic mass is 10.1. The first-order valence-corrected chi connectivity index (χ1v) is 6.36. The van der Waals surface area contributed by atoms with Crippen molar-refractivity contribution in [2.75, 3.05) is 7.11 Å². The van der Waals surface area contributed by atoms with Crippen molar-refractivity contribution in [1.82, 2.24) is 4.67 Å². The van der Waals surface area contributed by atoms with Crippen LogP contribution >= 0.6 is 9.39 Å².